The molecule has 0 unspecified atom stereocenters. The SMILES string of the molecule is COC(=O)c1c(N)c2ccc(Cl)nc2n(-c2cccc3cnccc23)c1=O. The van der Waals surface area contributed by atoms with Gasteiger partial charge in [0.15, 0.2) is 5.65 Å². The number of rotatable bonds is 2. The molecule has 3 heterocycles. The van der Waals surface area contributed by atoms with Crippen molar-refractivity contribution in [3.05, 3.63) is 69.9 Å². The van der Waals surface area contributed by atoms with Gasteiger partial charge in [0, 0.05) is 28.6 Å². The summed E-state index contributed by atoms with van der Waals surface area (Å²) >= 11 is 6.06. The maximum absolute atomic E-state index is 13.2. The Labute approximate surface area is 158 Å². The van der Waals surface area contributed by atoms with E-state index in [9.17, 15) is 9.59 Å². The summed E-state index contributed by atoms with van der Waals surface area (Å²) in [5.74, 6) is -0.815. The molecule has 0 aliphatic heterocycles. The third-order valence-electron chi connectivity index (χ3n) is 4.32. The average Bonchev–Trinajstić information content (AvgIpc) is 2.68. The molecule has 0 saturated heterocycles. The second-order valence-corrected chi connectivity index (χ2v) is 6.19. The van der Waals surface area contributed by atoms with Crippen molar-refractivity contribution in [1.82, 2.24) is 14.5 Å². The number of aromatic nitrogens is 3. The Balaban J connectivity index is 2.24. The number of ether oxygens (including phenoxy) is 1. The maximum atomic E-state index is 13.2. The van der Waals surface area contributed by atoms with Crippen LogP contribution in [0.4, 0.5) is 5.69 Å². The average molecular weight is 381 g/mol. The molecule has 2 N–H and O–H groups in total. The Morgan fingerprint density at radius 2 is 2.00 bits per heavy atom. The van der Waals surface area contributed by atoms with Crippen LogP contribution >= 0.6 is 11.6 Å². The minimum Gasteiger partial charge on any atom is -0.465 e. The topological polar surface area (TPSA) is 100 Å². The zero-order valence-electron chi connectivity index (χ0n) is 14.1. The second-order valence-electron chi connectivity index (χ2n) is 5.80. The number of pyridine rings is 3. The van der Waals surface area contributed by atoms with Gasteiger partial charge < -0.3 is 10.5 Å². The van der Waals surface area contributed by atoms with E-state index in [2.05, 4.69) is 9.97 Å². The third kappa shape index (κ3) is 2.60. The smallest absolute Gasteiger partial charge is 0.345 e. The molecule has 0 radical (unpaired) electrons. The van der Waals surface area contributed by atoms with Crippen molar-refractivity contribution >= 4 is 45.1 Å². The first-order valence-corrected chi connectivity index (χ1v) is 8.33. The normalized spacial score (nSPS) is 11.0. The minimum absolute atomic E-state index is 0.00386. The van der Waals surface area contributed by atoms with Gasteiger partial charge in [0.2, 0.25) is 0 Å². The van der Waals surface area contributed by atoms with Gasteiger partial charge in [0.05, 0.1) is 18.5 Å². The predicted octanol–water partition coefficient (Wildman–Crippen LogP) is 2.96. The fourth-order valence-electron chi connectivity index (χ4n) is 3.09. The number of hydrogen-bond acceptors (Lipinski definition) is 6. The largest absolute Gasteiger partial charge is 0.465 e. The highest BCUT2D eigenvalue weighted by Gasteiger charge is 2.23. The van der Waals surface area contributed by atoms with Crippen LogP contribution in [0.1, 0.15) is 10.4 Å². The first-order valence-electron chi connectivity index (χ1n) is 7.95. The number of nitrogen functional groups attached to an aromatic ring is 1. The van der Waals surface area contributed by atoms with E-state index in [0.29, 0.717) is 11.1 Å². The molecule has 0 spiro atoms. The number of carbonyl (C=O) groups excluding carboxylic acids is 1. The first-order chi connectivity index (χ1) is 13.0. The Hall–Kier alpha value is -3.45. The van der Waals surface area contributed by atoms with E-state index in [-0.39, 0.29) is 22.1 Å². The van der Waals surface area contributed by atoms with Crippen LogP contribution in [-0.4, -0.2) is 27.6 Å². The fraction of sp³-hybridized carbons (Fsp3) is 0.0526. The van der Waals surface area contributed by atoms with Crippen molar-refractivity contribution in [3.8, 4) is 5.69 Å². The van der Waals surface area contributed by atoms with Crippen molar-refractivity contribution < 1.29 is 9.53 Å². The Bertz CT molecular complexity index is 1280. The predicted molar refractivity (Wildman–Crippen MR) is 103 cm³/mol. The molecule has 0 aliphatic rings. The van der Waals surface area contributed by atoms with Crippen LogP contribution in [0.5, 0.6) is 0 Å². The fourth-order valence-corrected chi connectivity index (χ4v) is 3.23. The van der Waals surface area contributed by atoms with Crippen LogP contribution < -0.4 is 11.3 Å². The molecule has 4 rings (SSSR count). The quantitative estimate of drug-likeness (QED) is 0.424. The van der Waals surface area contributed by atoms with Crippen molar-refractivity contribution in [1.29, 1.82) is 0 Å². The summed E-state index contributed by atoms with van der Waals surface area (Å²) in [5.41, 5.74) is 6.00. The van der Waals surface area contributed by atoms with Crippen LogP contribution in [0.15, 0.2) is 53.6 Å². The molecular weight excluding hydrogens is 368 g/mol. The van der Waals surface area contributed by atoms with Crippen LogP contribution in [0.3, 0.4) is 0 Å². The van der Waals surface area contributed by atoms with Gasteiger partial charge >= 0.3 is 5.97 Å². The molecule has 134 valence electrons. The summed E-state index contributed by atoms with van der Waals surface area (Å²) in [6, 6.07) is 10.4. The summed E-state index contributed by atoms with van der Waals surface area (Å²) in [6.07, 6.45) is 3.31. The number of fused-ring (bicyclic) bond motifs is 2. The zero-order chi connectivity index (χ0) is 19.1. The lowest BCUT2D eigenvalue weighted by Crippen LogP contribution is -2.28. The number of nitrogens with two attached hydrogens (primary N) is 1. The number of methoxy groups -OCH3 is 1. The number of benzene rings is 1. The molecule has 0 fully saturated rings. The molecule has 0 aliphatic carbocycles. The van der Waals surface area contributed by atoms with Crippen molar-refractivity contribution in [3.63, 3.8) is 0 Å². The number of carbonyl (C=O) groups is 1. The highest BCUT2D eigenvalue weighted by molar-refractivity contribution is 6.29. The monoisotopic (exact) mass is 380 g/mol. The lowest BCUT2D eigenvalue weighted by atomic mass is 10.1. The van der Waals surface area contributed by atoms with Crippen LogP contribution in [0.25, 0.3) is 27.5 Å². The summed E-state index contributed by atoms with van der Waals surface area (Å²) in [5, 5.41) is 2.21. The van der Waals surface area contributed by atoms with E-state index in [0.717, 1.165) is 10.8 Å². The molecule has 3 aromatic heterocycles. The van der Waals surface area contributed by atoms with Gasteiger partial charge in [-0.2, -0.15) is 0 Å². The van der Waals surface area contributed by atoms with E-state index in [1.807, 2.05) is 6.07 Å². The number of esters is 1. The van der Waals surface area contributed by atoms with Crippen molar-refractivity contribution in [2.45, 2.75) is 0 Å². The van der Waals surface area contributed by atoms with Crippen LogP contribution in [0, 0.1) is 0 Å². The molecule has 27 heavy (non-hydrogen) atoms. The van der Waals surface area contributed by atoms with Gasteiger partial charge in [0.1, 0.15) is 10.7 Å². The Morgan fingerprint density at radius 1 is 1.19 bits per heavy atom. The van der Waals surface area contributed by atoms with Gasteiger partial charge in [-0.25, -0.2) is 9.78 Å². The van der Waals surface area contributed by atoms with E-state index in [1.54, 1.807) is 42.7 Å². The lowest BCUT2D eigenvalue weighted by Gasteiger charge is -2.16. The van der Waals surface area contributed by atoms with Gasteiger partial charge in [0.25, 0.3) is 5.56 Å². The molecule has 0 atom stereocenters. The Kier molecular flexibility index (Phi) is 4.01. The molecule has 0 saturated carbocycles. The molecule has 4 aromatic rings. The van der Waals surface area contributed by atoms with E-state index < -0.39 is 11.5 Å². The summed E-state index contributed by atoms with van der Waals surface area (Å²) in [4.78, 5) is 33.9. The van der Waals surface area contributed by atoms with Crippen LogP contribution in [-0.2, 0) is 4.74 Å². The van der Waals surface area contributed by atoms with Gasteiger partial charge in [-0.1, -0.05) is 23.7 Å². The van der Waals surface area contributed by atoms with Crippen LogP contribution in [0.2, 0.25) is 5.15 Å². The number of halogens is 1. The number of nitrogens with zero attached hydrogens (tertiary/aromatic N) is 3. The Morgan fingerprint density at radius 3 is 2.78 bits per heavy atom. The van der Waals surface area contributed by atoms with E-state index in [1.165, 1.54) is 11.7 Å². The van der Waals surface area contributed by atoms with E-state index >= 15 is 0 Å². The molecule has 1 aromatic carbocycles. The lowest BCUT2D eigenvalue weighted by molar-refractivity contribution is 0.0600. The minimum atomic E-state index is -0.815. The molecule has 8 heteroatoms. The van der Waals surface area contributed by atoms with Crippen molar-refractivity contribution in [2.24, 2.45) is 0 Å². The van der Waals surface area contributed by atoms with Gasteiger partial charge in [-0.15, -0.1) is 0 Å². The van der Waals surface area contributed by atoms with Gasteiger partial charge in [-0.05, 0) is 24.3 Å². The third-order valence-corrected chi connectivity index (χ3v) is 4.53. The summed E-state index contributed by atoms with van der Waals surface area (Å²) < 4.78 is 6.09. The van der Waals surface area contributed by atoms with Gasteiger partial charge in [-0.3, -0.25) is 14.3 Å². The molecule has 0 bridgehead atoms. The molecule has 0 amide bonds. The maximum Gasteiger partial charge on any atom is 0.345 e. The first kappa shape index (κ1) is 17.0. The number of hydrogen-bond donors (Lipinski definition) is 1. The summed E-state index contributed by atoms with van der Waals surface area (Å²) in [6.45, 7) is 0. The highest BCUT2D eigenvalue weighted by atomic mass is 35.5. The molecular formula is C19H13ClN4O3. The molecule has 7 nitrogen and oxygen atoms in total. The standard InChI is InChI=1S/C19H13ClN4O3/c1-27-19(26)15-16(21)12-5-6-14(20)23-17(12)24(18(15)25)13-4-2-3-10-9-22-8-7-11(10)13/h2-9H,21H2,1H3. The highest BCUT2D eigenvalue weighted by Crippen LogP contribution is 2.28. The van der Waals surface area contributed by atoms with E-state index in [4.69, 9.17) is 22.1 Å². The summed E-state index contributed by atoms with van der Waals surface area (Å²) in [7, 11) is 1.19. The van der Waals surface area contributed by atoms with Crippen molar-refractivity contribution in [2.75, 3.05) is 12.8 Å². The zero-order valence-corrected chi connectivity index (χ0v) is 14.9. The second kappa shape index (κ2) is 6.37. The number of anilines is 1.